The molecule has 2 heterocycles. The second-order valence-corrected chi connectivity index (χ2v) is 4.25. The molecule has 1 N–H and O–H groups in total. The van der Waals surface area contributed by atoms with Crippen LogP contribution in [0.25, 0.3) is 5.65 Å². The van der Waals surface area contributed by atoms with E-state index in [-0.39, 0.29) is 18.3 Å². The molecule has 0 saturated heterocycles. The van der Waals surface area contributed by atoms with E-state index in [1.807, 2.05) is 0 Å². The third-order valence-electron chi connectivity index (χ3n) is 1.75. The van der Waals surface area contributed by atoms with Crippen LogP contribution in [0.3, 0.4) is 0 Å². The topological polar surface area (TPSA) is 107 Å². The van der Waals surface area contributed by atoms with Gasteiger partial charge in [0, 0.05) is 6.07 Å². The van der Waals surface area contributed by atoms with Gasteiger partial charge in [-0.05, 0) is 6.92 Å². The number of hydrogen-bond acceptors (Lipinski definition) is 6. The summed E-state index contributed by atoms with van der Waals surface area (Å²) in [7, 11) is -4.56. The van der Waals surface area contributed by atoms with Crippen LogP contribution in [0.1, 0.15) is 6.92 Å². The zero-order valence-electron chi connectivity index (χ0n) is 8.53. The Morgan fingerprint density at radius 2 is 2.24 bits per heavy atom. The average Bonchev–Trinajstić information content (AvgIpc) is 2.61. The van der Waals surface area contributed by atoms with Gasteiger partial charge in [0.25, 0.3) is 5.16 Å². The minimum absolute atomic E-state index is 0.131. The zero-order valence-corrected chi connectivity index (χ0v) is 9.35. The van der Waals surface area contributed by atoms with Crippen LogP contribution in [0, 0.1) is 5.95 Å². The molecule has 92 valence electrons. The van der Waals surface area contributed by atoms with Gasteiger partial charge in [-0.15, -0.1) is 5.10 Å². The van der Waals surface area contributed by atoms with Gasteiger partial charge < -0.3 is 4.74 Å². The van der Waals surface area contributed by atoms with Gasteiger partial charge >= 0.3 is 16.1 Å². The summed E-state index contributed by atoms with van der Waals surface area (Å²) in [6.45, 7) is 1.83. The van der Waals surface area contributed by atoms with Crippen LogP contribution in [0.5, 0.6) is 6.01 Å². The molecule has 10 heteroatoms. The molecule has 8 nitrogen and oxygen atoms in total. The van der Waals surface area contributed by atoms with Crippen molar-refractivity contribution in [2.24, 2.45) is 0 Å². The highest BCUT2D eigenvalue weighted by atomic mass is 32.2. The molecule has 0 amide bonds. The molecule has 2 aromatic heterocycles. The third-order valence-corrected chi connectivity index (χ3v) is 2.38. The lowest BCUT2D eigenvalue weighted by atomic mass is 10.6. The van der Waals surface area contributed by atoms with Crippen molar-refractivity contribution >= 4 is 15.8 Å². The third kappa shape index (κ3) is 2.17. The van der Waals surface area contributed by atoms with E-state index in [4.69, 9.17) is 9.29 Å². The quantitative estimate of drug-likeness (QED) is 0.608. The van der Waals surface area contributed by atoms with Gasteiger partial charge in [0.2, 0.25) is 5.95 Å². The summed E-state index contributed by atoms with van der Waals surface area (Å²) in [6.07, 6.45) is 0. The number of ether oxygens (including phenoxy) is 1. The number of fused-ring (bicyclic) bond motifs is 1. The molecule has 0 atom stereocenters. The molecule has 0 aliphatic carbocycles. The molecule has 2 rings (SSSR count). The zero-order chi connectivity index (χ0) is 12.6. The second-order valence-electron chi connectivity index (χ2n) is 2.93. The monoisotopic (exact) mass is 262 g/mol. The molecular weight excluding hydrogens is 255 g/mol. The largest absolute Gasteiger partial charge is 0.464 e. The predicted molar refractivity (Wildman–Crippen MR) is 51.7 cm³/mol. The van der Waals surface area contributed by atoms with Crippen molar-refractivity contribution in [1.82, 2.24) is 19.6 Å². The Hall–Kier alpha value is -1.81. The fourth-order valence-corrected chi connectivity index (χ4v) is 1.54. The maximum absolute atomic E-state index is 13.0. The maximum Gasteiger partial charge on any atom is 0.332 e. The van der Waals surface area contributed by atoms with Crippen molar-refractivity contribution in [3.8, 4) is 6.01 Å². The normalized spacial score (nSPS) is 11.9. The summed E-state index contributed by atoms with van der Waals surface area (Å²) in [5, 5.41) is 2.62. The summed E-state index contributed by atoms with van der Waals surface area (Å²) in [5.41, 5.74) is -0.131. The lowest BCUT2D eigenvalue weighted by Gasteiger charge is -2.02. The van der Waals surface area contributed by atoms with Crippen molar-refractivity contribution < 1.29 is 22.1 Å². The summed E-state index contributed by atoms with van der Waals surface area (Å²) in [4.78, 5) is 6.82. The number of nitrogens with zero attached hydrogens (tertiary/aromatic N) is 4. The van der Waals surface area contributed by atoms with E-state index < -0.39 is 21.2 Å². The molecule has 0 aliphatic heterocycles. The molecule has 0 aromatic carbocycles. The Morgan fingerprint density at radius 1 is 1.53 bits per heavy atom. The lowest BCUT2D eigenvalue weighted by Crippen LogP contribution is -2.05. The first kappa shape index (κ1) is 11.7. The first-order chi connectivity index (χ1) is 7.91. The van der Waals surface area contributed by atoms with Crippen LogP contribution in [0.2, 0.25) is 0 Å². The number of rotatable bonds is 3. The highest BCUT2D eigenvalue weighted by molar-refractivity contribution is 7.85. The Labute approximate surface area is 94.8 Å². The van der Waals surface area contributed by atoms with E-state index in [2.05, 4.69) is 15.1 Å². The summed E-state index contributed by atoms with van der Waals surface area (Å²) in [5.74, 6) is -0.893. The molecule has 0 aliphatic rings. The van der Waals surface area contributed by atoms with Gasteiger partial charge in [0.1, 0.15) is 0 Å². The highest BCUT2D eigenvalue weighted by Gasteiger charge is 2.19. The van der Waals surface area contributed by atoms with Gasteiger partial charge in [-0.3, -0.25) is 4.55 Å². The van der Waals surface area contributed by atoms with Crippen LogP contribution in [-0.4, -0.2) is 39.2 Å². The summed E-state index contributed by atoms with van der Waals surface area (Å²) < 4.78 is 49.3. The predicted octanol–water partition coefficient (Wildman–Crippen LogP) is -0.0912. The number of hydrogen-bond donors (Lipinski definition) is 1. The molecule has 0 fully saturated rings. The molecular formula is C7H7FN4O4S. The molecule has 0 radical (unpaired) electrons. The molecule has 0 saturated carbocycles. The Kier molecular flexibility index (Phi) is 2.67. The number of aromatic nitrogens is 4. The van der Waals surface area contributed by atoms with Crippen molar-refractivity contribution in [1.29, 1.82) is 0 Å². The maximum atomic E-state index is 13.0. The van der Waals surface area contributed by atoms with Crippen LogP contribution in [0.4, 0.5) is 4.39 Å². The van der Waals surface area contributed by atoms with E-state index in [0.717, 1.165) is 10.6 Å². The first-order valence-electron chi connectivity index (χ1n) is 4.45. The van der Waals surface area contributed by atoms with Crippen molar-refractivity contribution in [3.05, 3.63) is 12.0 Å². The highest BCUT2D eigenvalue weighted by Crippen LogP contribution is 2.13. The van der Waals surface area contributed by atoms with Crippen molar-refractivity contribution in [3.63, 3.8) is 0 Å². The molecule has 0 spiro atoms. The first-order valence-corrected chi connectivity index (χ1v) is 5.89. The minimum Gasteiger partial charge on any atom is -0.464 e. The fourth-order valence-electron chi connectivity index (χ4n) is 1.15. The fraction of sp³-hybridized carbons (Fsp3) is 0.286. The van der Waals surface area contributed by atoms with Crippen molar-refractivity contribution in [2.75, 3.05) is 6.61 Å². The van der Waals surface area contributed by atoms with E-state index in [0.29, 0.717) is 0 Å². The van der Waals surface area contributed by atoms with Gasteiger partial charge in [-0.1, -0.05) is 0 Å². The Morgan fingerprint density at radius 3 is 2.82 bits per heavy atom. The van der Waals surface area contributed by atoms with Crippen LogP contribution in [0.15, 0.2) is 11.2 Å². The van der Waals surface area contributed by atoms with E-state index in [1.54, 1.807) is 6.92 Å². The molecule has 17 heavy (non-hydrogen) atoms. The van der Waals surface area contributed by atoms with Gasteiger partial charge in [0.15, 0.2) is 5.65 Å². The lowest BCUT2D eigenvalue weighted by molar-refractivity contribution is 0.296. The Balaban J connectivity index is 2.71. The summed E-state index contributed by atoms with van der Waals surface area (Å²) in [6, 6.07) is 0.620. The van der Waals surface area contributed by atoms with Gasteiger partial charge in [-0.2, -0.15) is 27.3 Å². The van der Waals surface area contributed by atoms with E-state index >= 15 is 0 Å². The van der Waals surface area contributed by atoms with Gasteiger partial charge in [-0.25, -0.2) is 0 Å². The average molecular weight is 262 g/mol. The molecule has 2 aromatic rings. The SMILES string of the molecule is CCOc1nc(F)cc2nc(S(=O)(=O)O)nn12. The van der Waals surface area contributed by atoms with E-state index in [9.17, 15) is 12.8 Å². The van der Waals surface area contributed by atoms with Crippen LogP contribution < -0.4 is 4.74 Å². The van der Waals surface area contributed by atoms with E-state index in [1.165, 1.54) is 0 Å². The van der Waals surface area contributed by atoms with Crippen LogP contribution >= 0.6 is 0 Å². The van der Waals surface area contributed by atoms with Crippen molar-refractivity contribution in [2.45, 2.75) is 12.1 Å². The van der Waals surface area contributed by atoms with Crippen LogP contribution in [-0.2, 0) is 10.1 Å². The Bertz CT molecular complexity index is 668. The summed E-state index contributed by atoms with van der Waals surface area (Å²) >= 11 is 0. The molecule has 0 bridgehead atoms. The van der Waals surface area contributed by atoms with Gasteiger partial charge in [0.05, 0.1) is 6.61 Å². The standard InChI is InChI=1S/C7H7FN4O4S/c1-2-16-7-9-4(8)3-5-10-6(11-12(5)7)17(13,14)15/h3H,2H2,1H3,(H,13,14,15). The number of halogens is 1. The minimum atomic E-state index is -4.56. The second kappa shape index (κ2) is 3.89. The molecule has 0 unspecified atom stereocenters. The smallest absolute Gasteiger partial charge is 0.332 e.